The van der Waals surface area contributed by atoms with E-state index in [2.05, 4.69) is 5.32 Å². The topological polar surface area (TPSA) is 66.5 Å². The monoisotopic (exact) mass is 438 g/mol. The molecule has 0 unspecified atom stereocenters. The minimum atomic E-state index is -3.41. The molecule has 150 valence electrons. The van der Waals surface area contributed by atoms with E-state index in [-0.39, 0.29) is 17.6 Å². The van der Waals surface area contributed by atoms with Gasteiger partial charge in [0.25, 0.3) is 0 Å². The van der Waals surface area contributed by atoms with Crippen LogP contribution in [0.15, 0.2) is 53.4 Å². The van der Waals surface area contributed by atoms with Crippen LogP contribution in [-0.4, -0.2) is 38.0 Å². The fourth-order valence-corrected chi connectivity index (χ4v) is 5.37. The molecule has 0 atom stereocenters. The molecule has 1 aliphatic rings. The summed E-state index contributed by atoms with van der Waals surface area (Å²) in [5, 5.41) is 3.53. The van der Waals surface area contributed by atoms with Gasteiger partial charge in [0.1, 0.15) is 0 Å². The lowest BCUT2D eigenvalue weighted by molar-refractivity contribution is -0.120. The van der Waals surface area contributed by atoms with Gasteiger partial charge in [0.15, 0.2) is 0 Å². The summed E-state index contributed by atoms with van der Waals surface area (Å²) < 4.78 is 26.8. The number of hydrogen-bond donors (Lipinski definition) is 1. The predicted molar refractivity (Wildman–Crippen MR) is 115 cm³/mol. The number of carbonyl (C=O) groups excluding carboxylic acids is 1. The zero-order valence-electron chi connectivity index (χ0n) is 15.6. The van der Waals surface area contributed by atoms with Crippen LogP contribution in [0, 0.1) is 5.92 Å². The van der Waals surface area contributed by atoms with E-state index in [1.807, 2.05) is 30.5 Å². The number of nitrogens with zero attached hydrogens (tertiary/aromatic N) is 1. The number of halogens is 1. The van der Waals surface area contributed by atoms with E-state index < -0.39 is 10.0 Å². The van der Waals surface area contributed by atoms with Crippen molar-refractivity contribution in [2.45, 2.75) is 23.5 Å². The normalized spacial score (nSPS) is 16.1. The Labute approximate surface area is 175 Å². The van der Waals surface area contributed by atoms with Gasteiger partial charge >= 0.3 is 0 Å². The van der Waals surface area contributed by atoms with Crippen molar-refractivity contribution in [3.8, 4) is 0 Å². The molecule has 0 aromatic heterocycles. The van der Waals surface area contributed by atoms with Crippen LogP contribution in [0.25, 0.3) is 0 Å². The zero-order valence-corrected chi connectivity index (χ0v) is 18.0. The summed E-state index contributed by atoms with van der Waals surface area (Å²) in [6.45, 7) is 0.720. The van der Waals surface area contributed by atoms with Crippen LogP contribution in [0.4, 0.5) is 5.69 Å². The number of anilines is 1. The Morgan fingerprint density at radius 3 is 2.50 bits per heavy atom. The SMILES string of the molecule is CSc1cccc(NC(=O)C2CCN(S(=O)(=O)Cc3ccc(Cl)cc3)CC2)c1. The number of benzene rings is 2. The van der Waals surface area contributed by atoms with E-state index in [0.717, 1.165) is 10.6 Å². The maximum atomic E-state index is 12.7. The molecule has 1 aliphatic heterocycles. The number of rotatable bonds is 6. The average molecular weight is 439 g/mol. The zero-order chi connectivity index (χ0) is 20.1. The first-order chi connectivity index (χ1) is 13.4. The lowest BCUT2D eigenvalue weighted by Crippen LogP contribution is -2.41. The molecule has 1 fully saturated rings. The molecule has 0 saturated carbocycles. The van der Waals surface area contributed by atoms with Gasteiger partial charge < -0.3 is 5.32 Å². The number of nitrogens with one attached hydrogen (secondary N) is 1. The van der Waals surface area contributed by atoms with Crippen molar-refractivity contribution >= 4 is 45.0 Å². The molecule has 0 bridgehead atoms. The molecule has 1 N–H and O–H groups in total. The third-order valence-corrected chi connectivity index (χ3v) is 7.65. The largest absolute Gasteiger partial charge is 0.326 e. The van der Waals surface area contributed by atoms with Crippen molar-refractivity contribution in [1.29, 1.82) is 0 Å². The average Bonchev–Trinajstić information content (AvgIpc) is 2.70. The van der Waals surface area contributed by atoms with Crippen molar-refractivity contribution in [1.82, 2.24) is 4.31 Å². The molecule has 8 heteroatoms. The second-order valence-corrected chi connectivity index (χ2v) is 10.1. The highest BCUT2D eigenvalue weighted by Gasteiger charge is 2.31. The molecule has 2 aromatic carbocycles. The lowest BCUT2D eigenvalue weighted by atomic mass is 9.97. The summed E-state index contributed by atoms with van der Waals surface area (Å²) in [6.07, 6.45) is 3.03. The van der Waals surface area contributed by atoms with Crippen LogP contribution < -0.4 is 5.32 Å². The van der Waals surface area contributed by atoms with E-state index >= 15 is 0 Å². The molecule has 1 amide bonds. The van der Waals surface area contributed by atoms with Gasteiger partial charge in [0.2, 0.25) is 15.9 Å². The molecule has 1 saturated heterocycles. The minimum absolute atomic E-state index is 0.0481. The van der Waals surface area contributed by atoms with Crippen molar-refractivity contribution in [3.05, 3.63) is 59.1 Å². The molecule has 0 aliphatic carbocycles. The Balaban J connectivity index is 1.55. The van der Waals surface area contributed by atoms with Crippen molar-refractivity contribution in [3.63, 3.8) is 0 Å². The standard InChI is InChI=1S/C20H23ClN2O3S2/c1-27-19-4-2-3-18(13-19)22-20(24)16-9-11-23(12-10-16)28(25,26)14-15-5-7-17(21)8-6-15/h2-8,13,16H,9-12,14H2,1H3,(H,22,24). The fraction of sp³-hybridized carbons (Fsp3) is 0.350. The highest BCUT2D eigenvalue weighted by Crippen LogP contribution is 2.25. The Bertz CT molecular complexity index is 925. The summed E-state index contributed by atoms with van der Waals surface area (Å²) in [6, 6.07) is 14.5. The predicted octanol–water partition coefficient (Wildman–Crippen LogP) is 4.24. The minimum Gasteiger partial charge on any atom is -0.326 e. The lowest BCUT2D eigenvalue weighted by Gasteiger charge is -2.30. The number of hydrogen-bond acceptors (Lipinski definition) is 4. The first kappa shape index (κ1) is 21.2. The van der Waals surface area contributed by atoms with Gasteiger partial charge in [0.05, 0.1) is 5.75 Å². The van der Waals surface area contributed by atoms with Gasteiger partial charge in [-0.2, -0.15) is 0 Å². The molecule has 0 radical (unpaired) electrons. The van der Waals surface area contributed by atoms with Crippen LogP contribution in [0.3, 0.4) is 0 Å². The fourth-order valence-electron chi connectivity index (χ4n) is 3.22. The highest BCUT2D eigenvalue weighted by molar-refractivity contribution is 7.98. The second-order valence-electron chi connectivity index (χ2n) is 6.78. The van der Waals surface area contributed by atoms with Gasteiger partial charge in [-0.1, -0.05) is 29.8 Å². The van der Waals surface area contributed by atoms with E-state index in [1.54, 1.807) is 36.0 Å². The van der Waals surface area contributed by atoms with Crippen molar-refractivity contribution in [2.24, 2.45) is 5.92 Å². The number of amides is 1. The highest BCUT2D eigenvalue weighted by atomic mass is 35.5. The van der Waals surface area contributed by atoms with Gasteiger partial charge in [0, 0.05) is 34.6 Å². The quantitative estimate of drug-likeness (QED) is 0.685. The summed E-state index contributed by atoms with van der Waals surface area (Å²) in [5.74, 6) is -0.282. The molecule has 0 spiro atoms. The molecule has 1 heterocycles. The molecule has 5 nitrogen and oxygen atoms in total. The van der Waals surface area contributed by atoms with Crippen molar-refractivity contribution < 1.29 is 13.2 Å². The Morgan fingerprint density at radius 2 is 1.86 bits per heavy atom. The maximum absolute atomic E-state index is 12.7. The van der Waals surface area contributed by atoms with Crippen molar-refractivity contribution in [2.75, 3.05) is 24.7 Å². The third kappa shape index (κ3) is 5.50. The van der Waals surface area contributed by atoms with Gasteiger partial charge in [-0.3, -0.25) is 4.79 Å². The van der Waals surface area contributed by atoms with Crippen LogP contribution in [-0.2, 0) is 20.6 Å². The summed E-state index contributed by atoms with van der Waals surface area (Å²) >= 11 is 7.47. The number of piperidine rings is 1. The van der Waals surface area contributed by atoms with Gasteiger partial charge in [-0.15, -0.1) is 11.8 Å². The van der Waals surface area contributed by atoms with E-state index in [4.69, 9.17) is 11.6 Å². The summed E-state index contributed by atoms with van der Waals surface area (Å²) in [5.41, 5.74) is 1.48. The number of carbonyl (C=O) groups is 1. The molecule has 3 rings (SSSR count). The third-order valence-electron chi connectivity index (χ3n) is 4.82. The van der Waals surface area contributed by atoms with E-state index in [9.17, 15) is 13.2 Å². The molecule has 28 heavy (non-hydrogen) atoms. The molecule has 2 aromatic rings. The summed E-state index contributed by atoms with van der Waals surface area (Å²) in [7, 11) is -3.41. The van der Waals surface area contributed by atoms with Crippen LogP contribution >= 0.6 is 23.4 Å². The Kier molecular flexibility index (Phi) is 7.04. The van der Waals surface area contributed by atoms with E-state index in [0.29, 0.717) is 36.5 Å². The van der Waals surface area contributed by atoms with Gasteiger partial charge in [-0.05, 0) is 55.0 Å². The smallest absolute Gasteiger partial charge is 0.227 e. The second kappa shape index (κ2) is 9.31. The maximum Gasteiger partial charge on any atom is 0.227 e. The van der Waals surface area contributed by atoms with Crippen LogP contribution in [0.1, 0.15) is 18.4 Å². The molecular weight excluding hydrogens is 416 g/mol. The molecular formula is C20H23ClN2O3S2. The van der Waals surface area contributed by atoms with Crippen LogP contribution in [0.5, 0.6) is 0 Å². The summed E-state index contributed by atoms with van der Waals surface area (Å²) in [4.78, 5) is 13.6. The first-order valence-electron chi connectivity index (χ1n) is 9.04. The number of thioether (sulfide) groups is 1. The van der Waals surface area contributed by atoms with Gasteiger partial charge in [-0.25, -0.2) is 12.7 Å². The first-order valence-corrected chi connectivity index (χ1v) is 12.3. The number of sulfonamides is 1. The van der Waals surface area contributed by atoms with Crippen LogP contribution in [0.2, 0.25) is 5.02 Å². The Hall–Kier alpha value is -1.54. The van der Waals surface area contributed by atoms with E-state index in [1.165, 1.54) is 4.31 Å². The Morgan fingerprint density at radius 1 is 1.18 bits per heavy atom.